The van der Waals surface area contributed by atoms with E-state index in [0.717, 1.165) is 18.8 Å². The van der Waals surface area contributed by atoms with Crippen LogP contribution in [0.2, 0.25) is 5.02 Å². The number of anilines is 1. The van der Waals surface area contributed by atoms with Gasteiger partial charge in [-0.05, 0) is 37.3 Å². The average Bonchev–Trinajstić information content (AvgIpc) is 2.59. The Morgan fingerprint density at radius 3 is 2.42 bits per heavy atom. The maximum absolute atomic E-state index is 10.7. The average molecular weight is 367 g/mol. The first kappa shape index (κ1) is 18.2. The second-order valence-electron chi connectivity index (χ2n) is 4.88. The molecule has 0 aliphatic rings. The molecule has 126 valence electrons. The molecule has 2 rings (SSSR count). The number of benzene rings is 2. The fraction of sp³-hybridized carbons (Fsp3) is 0.250. The second kappa shape index (κ2) is 8.61. The molecule has 0 aliphatic carbocycles. The summed E-state index contributed by atoms with van der Waals surface area (Å²) in [5, 5.41) is 19.0. The zero-order valence-corrected chi connectivity index (χ0v) is 14.5. The smallest absolute Gasteiger partial charge is 0.271 e. The number of alkyl halides is 1. The highest BCUT2D eigenvalue weighted by Crippen LogP contribution is 2.30. The van der Waals surface area contributed by atoms with E-state index >= 15 is 0 Å². The van der Waals surface area contributed by atoms with Gasteiger partial charge in [-0.2, -0.15) is 5.11 Å². The van der Waals surface area contributed by atoms with E-state index in [0.29, 0.717) is 17.3 Å². The summed E-state index contributed by atoms with van der Waals surface area (Å²) in [7, 11) is 0. The van der Waals surface area contributed by atoms with Crippen LogP contribution in [0.25, 0.3) is 0 Å². The van der Waals surface area contributed by atoms with E-state index in [1.165, 1.54) is 18.2 Å². The van der Waals surface area contributed by atoms with Crippen LogP contribution in [0.4, 0.5) is 22.7 Å². The normalized spacial score (nSPS) is 11.0. The molecule has 2 aromatic carbocycles. The van der Waals surface area contributed by atoms with Crippen molar-refractivity contribution in [3.8, 4) is 0 Å². The highest BCUT2D eigenvalue weighted by atomic mass is 35.5. The fourth-order valence-corrected chi connectivity index (χ4v) is 2.52. The molecule has 6 nitrogen and oxygen atoms in total. The Bertz CT molecular complexity index is 735. The molecule has 0 atom stereocenters. The van der Waals surface area contributed by atoms with E-state index in [1.807, 2.05) is 24.3 Å². The van der Waals surface area contributed by atoms with Gasteiger partial charge in [0.2, 0.25) is 0 Å². The summed E-state index contributed by atoms with van der Waals surface area (Å²) < 4.78 is 0. The topological polar surface area (TPSA) is 71.1 Å². The van der Waals surface area contributed by atoms with Crippen LogP contribution in [0.3, 0.4) is 0 Å². The van der Waals surface area contributed by atoms with Crippen LogP contribution in [0.1, 0.15) is 6.92 Å². The number of nitro benzene ring substituents is 1. The van der Waals surface area contributed by atoms with Crippen molar-refractivity contribution in [3.05, 3.63) is 57.6 Å². The summed E-state index contributed by atoms with van der Waals surface area (Å²) in [5.74, 6) is 0.563. The van der Waals surface area contributed by atoms with Gasteiger partial charge in [0.1, 0.15) is 5.69 Å². The lowest BCUT2D eigenvalue weighted by molar-refractivity contribution is -0.384. The molecule has 0 unspecified atom stereocenters. The third kappa shape index (κ3) is 4.66. The van der Waals surface area contributed by atoms with Crippen molar-refractivity contribution in [1.82, 2.24) is 0 Å². The first-order valence-electron chi connectivity index (χ1n) is 7.31. The number of non-ortho nitro benzene ring substituents is 1. The van der Waals surface area contributed by atoms with E-state index in [4.69, 9.17) is 23.2 Å². The van der Waals surface area contributed by atoms with Gasteiger partial charge in [-0.15, -0.1) is 16.7 Å². The lowest BCUT2D eigenvalue weighted by atomic mass is 10.2. The fourth-order valence-electron chi connectivity index (χ4n) is 2.10. The van der Waals surface area contributed by atoms with Crippen molar-refractivity contribution in [2.24, 2.45) is 10.2 Å². The number of azo groups is 1. The largest absolute Gasteiger partial charge is 0.371 e. The molecule has 0 N–H and O–H groups in total. The van der Waals surface area contributed by atoms with E-state index in [2.05, 4.69) is 22.1 Å². The minimum Gasteiger partial charge on any atom is -0.371 e. The molecule has 8 heteroatoms. The zero-order valence-electron chi connectivity index (χ0n) is 13.0. The van der Waals surface area contributed by atoms with Gasteiger partial charge < -0.3 is 4.90 Å². The Kier molecular flexibility index (Phi) is 6.52. The summed E-state index contributed by atoms with van der Waals surface area (Å²) in [6.45, 7) is 3.71. The van der Waals surface area contributed by atoms with Crippen LogP contribution in [-0.2, 0) is 0 Å². The number of halogens is 2. The number of rotatable bonds is 7. The van der Waals surface area contributed by atoms with Gasteiger partial charge >= 0.3 is 0 Å². The molecular weight excluding hydrogens is 351 g/mol. The Morgan fingerprint density at radius 2 is 1.88 bits per heavy atom. The second-order valence-corrected chi connectivity index (χ2v) is 5.66. The molecule has 2 aromatic rings. The van der Waals surface area contributed by atoms with Crippen molar-refractivity contribution in [1.29, 1.82) is 0 Å². The van der Waals surface area contributed by atoms with E-state index in [1.54, 1.807) is 0 Å². The number of hydrogen-bond donors (Lipinski definition) is 0. The predicted octanol–water partition coefficient (Wildman–Crippen LogP) is 5.73. The molecule has 0 bridgehead atoms. The Morgan fingerprint density at radius 1 is 1.17 bits per heavy atom. The van der Waals surface area contributed by atoms with Gasteiger partial charge in [0, 0.05) is 36.8 Å². The summed E-state index contributed by atoms with van der Waals surface area (Å²) in [4.78, 5) is 12.3. The SMILES string of the molecule is CCN(CCCl)c1ccc(N=Nc2ccc([N+](=O)[O-])cc2Cl)cc1. The summed E-state index contributed by atoms with van der Waals surface area (Å²) in [6, 6.07) is 11.6. The van der Waals surface area contributed by atoms with Gasteiger partial charge in [0.15, 0.2) is 0 Å². The van der Waals surface area contributed by atoms with E-state index in [-0.39, 0.29) is 10.7 Å². The maximum atomic E-state index is 10.7. The predicted molar refractivity (Wildman–Crippen MR) is 97.3 cm³/mol. The Hall–Kier alpha value is -2.18. The van der Waals surface area contributed by atoms with Crippen molar-refractivity contribution < 1.29 is 4.92 Å². The first-order chi connectivity index (χ1) is 11.5. The third-order valence-corrected chi connectivity index (χ3v) is 3.84. The van der Waals surface area contributed by atoms with Gasteiger partial charge in [0.25, 0.3) is 5.69 Å². The molecule has 0 spiro atoms. The van der Waals surface area contributed by atoms with Crippen LogP contribution < -0.4 is 4.90 Å². The standard InChI is InChI=1S/C16H16Cl2N4O2/c1-2-21(10-9-17)13-5-3-12(4-6-13)19-20-16-8-7-14(22(23)24)11-15(16)18/h3-8,11H,2,9-10H2,1H3. The molecule has 0 fully saturated rings. The number of nitrogens with zero attached hydrogens (tertiary/aromatic N) is 4. The molecule has 0 radical (unpaired) electrons. The monoisotopic (exact) mass is 366 g/mol. The molecule has 0 aliphatic heterocycles. The Labute approximate surface area is 149 Å². The van der Waals surface area contributed by atoms with Crippen LogP contribution in [0.15, 0.2) is 52.7 Å². The van der Waals surface area contributed by atoms with Crippen molar-refractivity contribution >= 4 is 46.0 Å². The molecule has 0 saturated heterocycles. The Balaban J connectivity index is 2.13. The quantitative estimate of drug-likeness (QED) is 0.272. The minimum absolute atomic E-state index is 0.0812. The van der Waals surface area contributed by atoms with Crippen LogP contribution in [0, 0.1) is 10.1 Å². The summed E-state index contributed by atoms with van der Waals surface area (Å²) in [5.41, 5.74) is 2.02. The number of nitro groups is 1. The minimum atomic E-state index is -0.508. The van der Waals surface area contributed by atoms with Crippen LogP contribution >= 0.6 is 23.2 Å². The molecule has 24 heavy (non-hydrogen) atoms. The van der Waals surface area contributed by atoms with E-state index in [9.17, 15) is 10.1 Å². The molecule has 0 heterocycles. The van der Waals surface area contributed by atoms with Crippen molar-refractivity contribution in [2.45, 2.75) is 6.92 Å². The zero-order chi connectivity index (χ0) is 17.5. The first-order valence-corrected chi connectivity index (χ1v) is 8.23. The van der Waals surface area contributed by atoms with Gasteiger partial charge in [0.05, 0.1) is 15.6 Å². The van der Waals surface area contributed by atoms with Crippen LogP contribution in [0.5, 0.6) is 0 Å². The third-order valence-electron chi connectivity index (χ3n) is 3.37. The van der Waals surface area contributed by atoms with Crippen molar-refractivity contribution in [2.75, 3.05) is 23.9 Å². The van der Waals surface area contributed by atoms with Gasteiger partial charge in [-0.1, -0.05) is 11.6 Å². The summed E-state index contributed by atoms with van der Waals surface area (Å²) >= 11 is 11.8. The lowest BCUT2D eigenvalue weighted by Gasteiger charge is -2.21. The molecule has 0 saturated carbocycles. The molecular formula is C16H16Cl2N4O2. The lowest BCUT2D eigenvalue weighted by Crippen LogP contribution is -2.24. The van der Waals surface area contributed by atoms with Gasteiger partial charge in [-0.3, -0.25) is 10.1 Å². The van der Waals surface area contributed by atoms with Crippen molar-refractivity contribution in [3.63, 3.8) is 0 Å². The molecule has 0 aromatic heterocycles. The molecule has 0 amide bonds. The highest BCUT2D eigenvalue weighted by Gasteiger charge is 2.09. The summed E-state index contributed by atoms with van der Waals surface area (Å²) in [6.07, 6.45) is 0. The number of hydrogen-bond acceptors (Lipinski definition) is 5. The van der Waals surface area contributed by atoms with Crippen LogP contribution in [-0.4, -0.2) is 23.9 Å². The highest BCUT2D eigenvalue weighted by molar-refractivity contribution is 6.33. The van der Waals surface area contributed by atoms with E-state index < -0.39 is 4.92 Å². The maximum Gasteiger partial charge on any atom is 0.271 e. The van der Waals surface area contributed by atoms with Gasteiger partial charge in [-0.25, -0.2) is 0 Å².